The molecule has 2 aromatic carbocycles. The number of amides is 1. The Morgan fingerprint density at radius 2 is 1.96 bits per heavy atom. The third kappa shape index (κ3) is 3.39. The van der Waals surface area contributed by atoms with Gasteiger partial charge in [0.25, 0.3) is 5.91 Å². The molecule has 0 saturated carbocycles. The minimum atomic E-state index is 0.0181. The van der Waals surface area contributed by atoms with Gasteiger partial charge in [-0.05, 0) is 60.2 Å². The van der Waals surface area contributed by atoms with Gasteiger partial charge in [-0.3, -0.25) is 4.79 Å². The molecule has 0 radical (unpaired) electrons. The van der Waals surface area contributed by atoms with Crippen molar-refractivity contribution in [3.05, 3.63) is 71.3 Å². The van der Waals surface area contributed by atoms with E-state index >= 15 is 0 Å². The molecule has 2 aliphatic rings. The van der Waals surface area contributed by atoms with Crippen molar-refractivity contribution in [3.8, 4) is 0 Å². The van der Waals surface area contributed by atoms with Crippen molar-refractivity contribution in [2.75, 3.05) is 30.9 Å². The Hall–Kier alpha value is -2.75. The molecule has 1 heterocycles. The number of nitrogens with one attached hydrogen (secondary N) is 2. The zero-order valence-electron chi connectivity index (χ0n) is 16.9. The molecule has 2 aromatic rings. The van der Waals surface area contributed by atoms with Crippen LogP contribution in [0.4, 0.5) is 11.4 Å². The molecular weight excluding hydrogens is 346 g/mol. The Labute approximate surface area is 167 Å². The second-order valence-electron chi connectivity index (χ2n) is 8.02. The van der Waals surface area contributed by atoms with Gasteiger partial charge in [0.2, 0.25) is 0 Å². The fourth-order valence-corrected chi connectivity index (χ4v) is 4.39. The van der Waals surface area contributed by atoms with Crippen molar-refractivity contribution in [2.24, 2.45) is 5.92 Å². The molecule has 146 valence electrons. The Bertz CT molecular complexity index is 885. The van der Waals surface area contributed by atoms with E-state index in [2.05, 4.69) is 85.1 Å². The van der Waals surface area contributed by atoms with Crippen LogP contribution >= 0.6 is 0 Å². The zero-order chi connectivity index (χ0) is 19.7. The molecule has 1 aliphatic carbocycles. The lowest BCUT2D eigenvalue weighted by Crippen LogP contribution is -2.30. The minimum absolute atomic E-state index is 0.0181. The van der Waals surface area contributed by atoms with Crippen LogP contribution in [0.15, 0.2) is 54.6 Å². The predicted octanol–water partition coefficient (Wildman–Crippen LogP) is 4.72. The fraction of sp³-hybridized carbons (Fsp3) is 0.375. The topological polar surface area (TPSA) is 44.4 Å². The van der Waals surface area contributed by atoms with Crippen LogP contribution in [-0.4, -0.2) is 26.5 Å². The summed E-state index contributed by atoms with van der Waals surface area (Å²) >= 11 is 0. The van der Waals surface area contributed by atoms with E-state index in [4.69, 9.17) is 0 Å². The van der Waals surface area contributed by atoms with Crippen molar-refractivity contribution in [1.82, 2.24) is 5.32 Å². The molecule has 0 spiro atoms. The van der Waals surface area contributed by atoms with Gasteiger partial charge in [-0.25, -0.2) is 0 Å². The number of carbonyl (C=O) groups excluding carboxylic acids is 1. The van der Waals surface area contributed by atoms with Crippen molar-refractivity contribution in [2.45, 2.75) is 31.7 Å². The van der Waals surface area contributed by atoms with Crippen LogP contribution in [0.3, 0.4) is 0 Å². The van der Waals surface area contributed by atoms with E-state index in [0.717, 1.165) is 24.1 Å². The van der Waals surface area contributed by atoms with Crippen LogP contribution in [-0.2, 0) is 0 Å². The molecule has 4 heteroatoms. The van der Waals surface area contributed by atoms with Crippen LogP contribution in [0, 0.1) is 5.92 Å². The van der Waals surface area contributed by atoms with E-state index in [-0.39, 0.29) is 11.9 Å². The van der Waals surface area contributed by atoms with Gasteiger partial charge in [0.15, 0.2) is 0 Å². The van der Waals surface area contributed by atoms with E-state index in [1.165, 1.54) is 16.8 Å². The summed E-state index contributed by atoms with van der Waals surface area (Å²) in [4.78, 5) is 14.5. The maximum atomic E-state index is 12.4. The molecular formula is C24H29N3O. The lowest BCUT2D eigenvalue weighted by Gasteiger charge is -2.38. The zero-order valence-corrected chi connectivity index (χ0v) is 16.9. The first-order chi connectivity index (χ1) is 13.6. The van der Waals surface area contributed by atoms with Crippen molar-refractivity contribution < 1.29 is 4.79 Å². The maximum absolute atomic E-state index is 12.4. The van der Waals surface area contributed by atoms with Gasteiger partial charge >= 0.3 is 0 Å². The van der Waals surface area contributed by atoms with Gasteiger partial charge in [-0.1, -0.05) is 31.2 Å². The Morgan fingerprint density at radius 1 is 1.18 bits per heavy atom. The van der Waals surface area contributed by atoms with Crippen LogP contribution in [0.5, 0.6) is 0 Å². The van der Waals surface area contributed by atoms with Gasteiger partial charge < -0.3 is 15.5 Å². The number of allylic oxidation sites excluding steroid dienone is 2. The molecule has 1 aliphatic heterocycles. The minimum Gasteiger partial charge on any atom is -0.378 e. The van der Waals surface area contributed by atoms with Gasteiger partial charge in [0, 0.05) is 43.5 Å². The molecule has 0 aromatic heterocycles. The second-order valence-corrected chi connectivity index (χ2v) is 8.02. The number of hydrogen-bond acceptors (Lipinski definition) is 3. The molecule has 4 rings (SSSR count). The molecule has 0 saturated heterocycles. The van der Waals surface area contributed by atoms with Gasteiger partial charge in [-0.2, -0.15) is 0 Å². The number of benzene rings is 2. The van der Waals surface area contributed by atoms with Crippen LogP contribution in [0.1, 0.15) is 53.2 Å². The largest absolute Gasteiger partial charge is 0.378 e. The van der Waals surface area contributed by atoms with E-state index in [0.29, 0.717) is 18.4 Å². The highest BCUT2D eigenvalue weighted by Gasteiger charge is 2.38. The third-order valence-electron chi connectivity index (χ3n) is 5.93. The van der Waals surface area contributed by atoms with E-state index in [1.807, 2.05) is 6.07 Å². The number of nitrogens with zero attached hydrogens (tertiary/aromatic N) is 1. The lowest BCUT2D eigenvalue weighted by molar-refractivity contribution is 0.0953. The monoisotopic (exact) mass is 375 g/mol. The summed E-state index contributed by atoms with van der Waals surface area (Å²) < 4.78 is 0. The molecule has 1 amide bonds. The summed E-state index contributed by atoms with van der Waals surface area (Å²) in [6, 6.07) is 15.2. The van der Waals surface area contributed by atoms with E-state index in [1.54, 1.807) is 0 Å². The number of fused-ring (bicyclic) bond motifs is 3. The first-order valence-corrected chi connectivity index (χ1v) is 10.2. The highest BCUT2D eigenvalue weighted by atomic mass is 16.1. The molecule has 3 unspecified atom stereocenters. The number of anilines is 2. The standard InChI is InChI=1S/C24H29N3O/c1-4-14-25-24(28)17-10-13-22-21(15-17)19-6-5-7-20(19)23(26-22)16-8-11-18(12-9-16)27(2)3/h5-6,8-13,15,19-20,23,26H,4,7,14H2,1-3H3,(H,25,28). The third-order valence-corrected chi connectivity index (χ3v) is 5.93. The first kappa shape index (κ1) is 18.6. The van der Waals surface area contributed by atoms with Gasteiger partial charge in [0.05, 0.1) is 6.04 Å². The summed E-state index contributed by atoms with van der Waals surface area (Å²) in [5, 5.41) is 6.74. The second kappa shape index (κ2) is 7.70. The summed E-state index contributed by atoms with van der Waals surface area (Å²) in [5.74, 6) is 0.852. The Balaban J connectivity index is 1.63. The molecule has 0 bridgehead atoms. The van der Waals surface area contributed by atoms with E-state index in [9.17, 15) is 4.79 Å². The van der Waals surface area contributed by atoms with Gasteiger partial charge in [0.1, 0.15) is 0 Å². The highest BCUT2D eigenvalue weighted by Crippen LogP contribution is 2.50. The molecule has 28 heavy (non-hydrogen) atoms. The summed E-state index contributed by atoms with van der Waals surface area (Å²) in [5.41, 5.74) is 5.66. The summed E-state index contributed by atoms with van der Waals surface area (Å²) in [6.45, 7) is 2.78. The SMILES string of the molecule is CCCNC(=O)c1ccc2c(c1)C1C=CCC1C(c1ccc(N(C)C)cc1)N2. The average molecular weight is 376 g/mol. The summed E-state index contributed by atoms with van der Waals surface area (Å²) in [7, 11) is 4.13. The van der Waals surface area contributed by atoms with Crippen molar-refractivity contribution in [3.63, 3.8) is 0 Å². The quantitative estimate of drug-likeness (QED) is 0.743. The smallest absolute Gasteiger partial charge is 0.251 e. The van der Waals surface area contributed by atoms with Crippen LogP contribution in [0.2, 0.25) is 0 Å². The predicted molar refractivity (Wildman–Crippen MR) is 116 cm³/mol. The van der Waals surface area contributed by atoms with Crippen molar-refractivity contribution >= 4 is 17.3 Å². The molecule has 0 fully saturated rings. The maximum Gasteiger partial charge on any atom is 0.251 e. The molecule has 2 N–H and O–H groups in total. The molecule has 3 atom stereocenters. The normalized spacial score (nSPS) is 22.2. The Morgan fingerprint density at radius 3 is 2.68 bits per heavy atom. The Kier molecular flexibility index (Phi) is 5.12. The number of carbonyl (C=O) groups is 1. The molecule has 4 nitrogen and oxygen atoms in total. The lowest BCUT2D eigenvalue weighted by atomic mass is 9.76. The van der Waals surface area contributed by atoms with Crippen LogP contribution < -0.4 is 15.5 Å². The number of hydrogen-bond donors (Lipinski definition) is 2. The highest BCUT2D eigenvalue weighted by molar-refractivity contribution is 5.95. The van der Waals surface area contributed by atoms with Gasteiger partial charge in [-0.15, -0.1) is 0 Å². The van der Waals surface area contributed by atoms with E-state index < -0.39 is 0 Å². The van der Waals surface area contributed by atoms with Crippen molar-refractivity contribution in [1.29, 1.82) is 0 Å². The first-order valence-electron chi connectivity index (χ1n) is 10.2. The van der Waals surface area contributed by atoms with Crippen LogP contribution in [0.25, 0.3) is 0 Å². The summed E-state index contributed by atoms with van der Waals surface area (Å²) in [6.07, 6.45) is 6.61. The average Bonchev–Trinajstić information content (AvgIpc) is 3.21. The fourth-order valence-electron chi connectivity index (χ4n) is 4.39. The number of rotatable bonds is 5.